The number of allylic oxidation sites excluding steroid dienone is 2. The molecule has 1 rings (SSSR count). The van der Waals surface area contributed by atoms with E-state index in [1.165, 1.54) is 18.7 Å². The van der Waals surface area contributed by atoms with E-state index >= 15 is 0 Å². The van der Waals surface area contributed by atoms with Crippen LogP contribution >= 0.6 is 11.8 Å². The third-order valence-corrected chi connectivity index (χ3v) is 4.25. The summed E-state index contributed by atoms with van der Waals surface area (Å²) in [5.74, 6) is -1.50. The van der Waals surface area contributed by atoms with Crippen LogP contribution in [0.25, 0.3) is 0 Å². The number of thioether (sulfide) groups is 1. The van der Waals surface area contributed by atoms with Gasteiger partial charge < -0.3 is 15.5 Å². The van der Waals surface area contributed by atoms with Crippen LogP contribution in [0.15, 0.2) is 22.6 Å². The summed E-state index contributed by atoms with van der Waals surface area (Å²) in [7, 11) is 0. The Morgan fingerprint density at radius 2 is 2.14 bits per heavy atom. The molecule has 0 fully saturated rings. The summed E-state index contributed by atoms with van der Waals surface area (Å²) in [6.45, 7) is 6.77. The van der Waals surface area contributed by atoms with Gasteiger partial charge >= 0.3 is 5.97 Å². The van der Waals surface area contributed by atoms with Crippen molar-refractivity contribution in [2.45, 2.75) is 38.8 Å². The maximum atomic E-state index is 11.7. The van der Waals surface area contributed by atoms with Crippen molar-refractivity contribution in [1.29, 1.82) is 0 Å². The van der Waals surface area contributed by atoms with Gasteiger partial charge in [0.2, 0.25) is 5.91 Å². The first kappa shape index (κ1) is 17.5. The molecule has 0 aliphatic heterocycles. The summed E-state index contributed by atoms with van der Waals surface area (Å²) in [4.78, 5) is 34.2. The van der Waals surface area contributed by atoms with Gasteiger partial charge in [0.15, 0.2) is 5.78 Å². The minimum absolute atomic E-state index is 0.0987. The molecule has 0 aromatic heterocycles. The molecule has 1 aliphatic carbocycles. The first-order chi connectivity index (χ1) is 9.72. The van der Waals surface area contributed by atoms with Crippen LogP contribution < -0.4 is 5.32 Å². The smallest absolute Gasteiger partial charge is 0.327 e. The van der Waals surface area contributed by atoms with Crippen LogP contribution in [0.2, 0.25) is 0 Å². The molecule has 0 aromatic carbocycles. The summed E-state index contributed by atoms with van der Waals surface area (Å²) in [6, 6.07) is -0.996. The van der Waals surface area contributed by atoms with E-state index in [9.17, 15) is 19.5 Å². The van der Waals surface area contributed by atoms with Gasteiger partial charge in [0, 0.05) is 31.1 Å². The van der Waals surface area contributed by atoms with Gasteiger partial charge in [-0.1, -0.05) is 6.58 Å². The Kier molecular flexibility index (Phi) is 6.17. The second kappa shape index (κ2) is 7.42. The predicted octanol–water partition coefficient (Wildman–Crippen LogP) is 0.863. The Hall–Kier alpha value is -1.60. The fourth-order valence-electron chi connectivity index (χ4n) is 1.98. The molecule has 2 atom stereocenters. The third kappa shape index (κ3) is 5.02. The van der Waals surface area contributed by atoms with E-state index in [2.05, 4.69) is 11.9 Å². The van der Waals surface area contributed by atoms with Crippen molar-refractivity contribution in [3.05, 3.63) is 22.6 Å². The normalized spacial score (nSPS) is 19.6. The molecule has 0 aromatic rings. The summed E-state index contributed by atoms with van der Waals surface area (Å²) >= 11 is 1.19. The second-order valence-corrected chi connectivity index (χ2v) is 6.12. The topological polar surface area (TPSA) is 104 Å². The first-order valence-corrected chi connectivity index (χ1v) is 7.42. The Labute approximate surface area is 127 Å². The van der Waals surface area contributed by atoms with Crippen molar-refractivity contribution in [1.82, 2.24) is 5.32 Å². The number of carboxylic acids is 1. The monoisotopic (exact) mass is 313 g/mol. The third-order valence-electron chi connectivity index (χ3n) is 3.19. The van der Waals surface area contributed by atoms with E-state index in [0.717, 1.165) is 0 Å². The lowest BCUT2D eigenvalue weighted by molar-refractivity contribution is -0.140. The number of Topliss-reactive ketones (excluding diaryl/α,β-unsaturated/α-hetero) is 1. The molecule has 0 saturated heterocycles. The Balaban J connectivity index is 2.56. The van der Waals surface area contributed by atoms with Crippen LogP contribution in [0, 0.1) is 0 Å². The summed E-state index contributed by atoms with van der Waals surface area (Å²) in [5, 5.41) is 20.9. The summed E-state index contributed by atoms with van der Waals surface area (Å²) < 4.78 is 0. The van der Waals surface area contributed by atoms with Crippen LogP contribution in [0.1, 0.15) is 26.7 Å². The maximum Gasteiger partial charge on any atom is 0.327 e. The van der Waals surface area contributed by atoms with E-state index < -0.39 is 24.0 Å². The fraction of sp³-hybridized carbons (Fsp3) is 0.500. The fourth-order valence-corrected chi connectivity index (χ4v) is 2.86. The van der Waals surface area contributed by atoms with Gasteiger partial charge in [-0.05, 0) is 17.4 Å². The highest BCUT2D eigenvalue weighted by Crippen LogP contribution is 2.31. The number of aliphatic hydroxyl groups is 1. The highest BCUT2D eigenvalue weighted by atomic mass is 32.2. The number of ketones is 1. The van der Waals surface area contributed by atoms with Gasteiger partial charge in [-0.15, -0.1) is 11.8 Å². The molecule has 1 amide bonds. The van der Waals surface area contributed by atoms with Gasteiger partial charge in [0.25, 0.3) is 0 Å². The molecule has 0 radical (unpaired) electrons. The number of hydrogen-bond donors (Lipinski definition) is 3. The van der Waals surface area contributed by atoms with Gasteiger partial charge in [-0.3, -0.25) is 9.59 Å². The Morgan fingerprint density at radius 1 is 1.52 bits per heavy atom. The van der Waals surface area contributed by atoms with Crippen LogP contribution in [-0.2, 0) is 14.4 Å². The lowest BCUT2D eigenvalue weighted by Gasteiger charge is -2.14. The Morgan fingerprint density at radius 3 is 2.57 bits per heavy atom. The standard InChI is InChI=1S/C14H19NO5S/c1-7(4-10-8(2)12(17)5-13(10)18)21-6-11(14(19)20)15-9(3)16/h11-12,17H,1,4-6H2,2-3H3,(H,15,16)(H,19,20)/t11-,12+/m0/s1. The van der Waals surface area contributed by atoms with Crippen molar-refractivity contribution in [3.8, 4) is 0 Å². The predicted molar refractivity (Wildman–Crippen MR) is 79.8 cm³/mol. The largest absolute Gasteiger partial charge is 0.480 e. The minimum Gasteiger partial charge on any atom is -0.480 e. The van der Waals surface area contributed by atoms with Crippen molar-refractivity contribution in [3.63, 3.8) is 0 Å². The van der Waals surface area contributed by atoms with Gasteiger partial charge in [0.1, 0.15) is 6.04 Å². The van der Waals surface area contributed by atoms with E-state index in [-0.39, 0.29) is 18.0 Å². The molecule has 0 spiro atoms. The van der Waals surface area contributed by atoms with Crippen LogP contribution in [0.4, 0.5) is 0 Å². The quantitative estimate of drug-likeness (QED) is 0.644. The summed E-state index contributed by atoms with van der Waals surface area (Å²) in [6.07, 6.45) is -0.321. The van der Waals surface area contributed by atoms with E-state index in [4.69, 9.17) is 5.11 Å². The Bertz CT molecular complexity index is 511. The highest BCUT2D eigenvalue weighted by Gasteiger charge is 2.28. The number of carbonyl (C=O) groups excluding carboxylic acids is 2. The summed E-state index contributed by atoms with van der Waals surface area (Å²) in [5.41, 5.74) is 1.20. The average molecular weight is 313 g/mol. The lowest BCUT2D eigenvalue weighted by atomic mass is 10.1. The molecule has 0 heterocycles. The van der Waals surface area contributed by atoms with E-state index in [0.29, 0.717) is 22.5 Å². The molecule has 6 nitrogen and oxygen atoms in total. The molecular weight excluding hydrogens is 294 g/mol. The van der Waals surface area contributed by atoms with E-state index in [1.807, 2.05) is 0 Å². The van der Waals surface area contributed by atoms with Gasteiger partial charge in [-0.2, -0.15) is 0 Å². The van der Waals surface area contributed by atoms with Crippen molar-refractivity contribution in [2.24, 2.45) is 0 Å². The molecule has 7 heteroatoms. The van der Waals surface area contributed by atoms with E-state index in [1.54, 1.807) is 6.92 Å². The minimum atomic E-state index is -1.12. The number of carbonyl (C=O) groups is 3. The molecular formula is C14H19NO5S. The van der Waals surface area contributed by atoms with Crippen LogP contribution in [0.3, 0.4) is 0 Å². The zero-order valence-electron chi connectivity index (χ0n) is 12.0. The highest BCUT2D eigenvalue weighted by molar-refractivity contribution is 8.03. The van der Waals surface area contributed by atoms with Crippen molar-refractivity contribution < 1.29 is 24.6 Å². The van der Waals surface area contributed by atoms with Crippen LogP contribution in [0.5, 0.6) is 0 Å². The zero-order valence-corrected chi connectivity index (χ0v) is 12.8. The number of aliphatic carboxylic acids is 1. The zero-order chi connectivity index (χ0) is 16.2. The number of amides is 1. The first-order valence-electron chi connectivity index (χ1n) is 6.43. The van der Waals surface area contributed by atoms with Gasteiger partial charge in [0.05, 0.1) is 6.10 Å². The van der Waals surface area contributed by atoms with Crippen molar-refractivity contribution >= 4 is 29.4 Å². The molecule has 0 saturated carbocycles. The molecule has 21 heavy (non-hydrogen) atoms. The molecule has 3 N–H and O–H groups in total. The van der Waals surface area contributed by atoms with Crippen LogP contribution in [-0.4, -0.2) is 45.8 Å². The average Bonchev–Trinajstić information content (AvgIpc) is 2.60. The number of hydrogen-bond acceptors (Lipinski definition) is 5. The van der Waals surface area contributed by atoms with Crippen molar-refractivity contribution in [2.75, 3.05) is 5.75 Å². The molecule has 0 unspecified atom stereocenters. The number of nitrogens with one attached hydrogen (secondary N) is 1. The molecule has 116 valence electrons. The lowest BCUT2D eigenvalue weighted by Crippen LogP contribution is -2.41. The SMILES string of the molecule is C=C(CC1=C(C)[C@H](O)CC1=O)SC[C@H](NC(C)=O)C(=O)O. The number of rotatable bonds is 7. The maximum absolute atomic E-state index is 11.7. The second-order valence-electron chi connectivity index (χ2n) is 4.92. The number of aliphatic hydroxyl groups excluding tert-OH is 1. The van der Waals surface area contributed by atoms with Gasteiger partial charge in [-0.25, -0.2) is 4.79 Å². The molecule has 1 aliphatic rings. The number of carboxylic acid groups (broad SMARTS) is 1. The molecule has 0 bridgehead atoms.